The Labute approximate surface area is 148 Å². The molecule has 0 spiro atoms. The van der Waals surface area contributed by atoms with E-state index in [9.17, 15) is 10.1 Å². The molecule has 1 unspecified atom stereocenters. The molecule has 1 atom stereocenters. The summed E-state index contributed by atoms with van der Waals surface area (Å²) in [6, 6.07) is 16.9. The molecule has 24 heavy (non-hydrogen) atoms. The van der Waals surface area contributed by atoms with Crippen LogP contribution in [-0.2, 0) is 9.53 Å². The number of halogens is 1. The maximum absolute atomic E-state index is 12.4. The zero-order valence-corrected chi connectivity index (χ0v) is 14.4. The maximum atomic E-state index is 12.4. The molecule has 2 aromatic rings. The molecule has 5 heteroatoms. The predicted molar refractivity (Wildman–Crippen MR) is 93.5 cm³/mol. The Bertz CT molecular complexity index is 808. The average Bonchev–Trinajstić information content (AvgIpc) is 3.43. The Balaban J connectivity index is 1.80. The van der Waals surface area contributed by atoms with Crippen molar-refractivity contribution in [2.75, 3.05) is 0 Å². The summed E-state index contributed by atoms with van der Waals surface area (Å²) in [7, 11) is 0. The van der Waals surface area contributed by atoms with Crippen LogP contribution in [0.15, 0.2) is 58.7 Å². The minimum atomic E-state index is -0.611. The highest BCUT2D eigenvalue weighted by molar-refractivity contribution is 9.10. The molecule has 1 aromatic carbocycles. The van der Waals surface area contributed by atoms with Crippen LogP contribution >= 0.6 is 15.9 Å². The van der Waals surface area contributed by atoms with Gasteiger partial charge in [0.25, 0.3) is 0 Å². The molecule has 0 N–H and O–H groups in total. The van der Waals surface area contributed by atoms with Gasteiger partial charge in [-0.2, -0.15) is 5.26 Å². The third-order valence-electron chi connectivity index (χ3n) is 3.78. The molecule has 0 saturated heterocycles. The molecule has 0 radical (unpaired) electrons. The van der Waals surface area contributed by atoms with Crippen molar-refractivity contribution < 1.29 is 9.53 Å². The SMILES string of the molecule is N#C/C(=C\c1cccc(Br)n1)C(=O)OC(c1ccccc1)C1CC1. The molecule has 1 saturated carbocycles. The van der Waals surface area contributed by atoms with Crippen molar-refractivity contribution in [1.82, 2.24) is 4.98 Å². The molecule has 0 aliphatic heterocycles. The summed E-state index contributed by atoms with van der Waals surface area (Å²) in [5, 5.41) is 9.31. The highest BCUT2D eigenvalue weighted by Crippen LogP contribution is 2.43. The van der Waals surface area contributed by atoms with E-state index < -0.39 is 5.97 Å². The fraction of sp³-hybridized carbons (Fsp3) is 0.211. The number of nitriles is 1. The molecule has 1 aliphatic rings. The highest BCUT2D eigenvalue weighted by Gasteiger charge is 2.35. The number of pyridine rings is 1. The number of nitrogens with zero attached hydrogens (tertiary/aromatic N) is 2. The smallest absolute Gasteiger partial charge is 0.349 e. The van der Waals surface area contributed by atoms with Crippen LogP contribution in [0.5, 0.6) is 0 Å². The van der Waals surface area contributed by atoms with E-state index in [1.54, 1.807) is 18.2 Å². The molecule has 120 valence electrons. The lowest BCUT2D eigenvalue weighted by Crippen LogP contribution is -2.14. The number of ether oxygens (including phenoxy) is 1. The van der Waals surface area contributed by atoms with Crippen molar-refractivity contribution >= 4 is 28.0 Å². The van der Waals surface area contributed by atoms with Crippen molar-refractivity contribution in [2.45, 2.75) is 18.9 Å². The number of rotatable bonds is 5. The van der Waals surface area contributed by atoms with E-state index in [1.165, 1.54) is 6.08 Å². The summed E-state index contributed by atoms with van der Waals surface area (Å²) in [6.07, 6.45) is 3.21. The monoisotopic (exact) mass is 382 g/mol. The van der Waals surface area contributed by atoms with Gasteiger partial charge in [0, 0.05) is 5.92 Å². The van der Waals surface area contributed by atoms with Crippen LogP contribution in [-0.4, -0.2) is 11.0 Å². The average molecular weight is 383 g/mol. The van der Waals surface area contributed by atoms with Gasteiger partial charge in [-0.15, -0.1) is 0 Å². The fourth-order valence-corrected chi connectivity index (χ4v) is 2.80. The second-order valence-electron chi connectivity index (χ2n) is 5.63. The second-order valence-corrected chi connectivity index (χ2v) is 6.44. The summed E-state index contributed by atoms with van der Waals surface area (Å²) in [4.78, 5) is 16.6. The highest BCUT2D eigenvalue weighted by atomic mass is 79.9. The van der Waals surface area contributed by atoms with Crippen molar-refractivity contribution in [2.24, 2.45) is 5.92 Å². The predicted octanol–water partition coefficient (Wildman–Crippen LogP) is 4.45. The molecule has 0 bridgehead atoms. The van der Waals surface area contributed by atoms with E-state index in [0.717, 1.165) is 18.4 Å². The first-order chi connectivity index (χ1) is 11.7. The first-order valence-corrected chi connectivity index (χ1v) is 8.47. The van der Waals surface area contributed by atoms with Crippen LogP contribution in [0, 0.1) is 17.2 Å². The van der Waals surface area contributed by atoms with Crippen molar-refractivity contribution in [3.63, 3.8) is 0 Å². The van der Waals surface area contributed by atoms with Crippen LogP contribution in [0.4, 0.5) is 0 Å². The summed E-state index contributed by atoms with van der Waals surface area (Å²) in [6.45, 7) is 0. The maximum Gasteiger partial charge on any atom is 0.349 e. The third kappa shape index (κ3) is 4.09. The first kappa shape index (κ1) is 16.4. The van der Waals surface area contributed by atoms with Gasteiger partial charge in [0.1, 0.15) is 22.3 Å². The molecule has 0 amide bonds. The second kappa shape index (κ2) is 7.41. The molecule has 1 fully saturated rings. The van der Waals surface area contributed by atoms with Crippen molar-refractivity contribution in [3.05, 3.63) is 70.0 Å². The Morgan fingerprint density at radius 1 is 1.25 bits per heavy atom. The summed E-state index contributed by atoms with van der Waals surface area (Å²) in [5.41, 5.74) is 1.44. The lowest BCUT2D eigenvalue weighted by Gasteiger charge is -2.17. The van der Waals surface area contributed by atoms with Crippen LogP contribution < -0.4 is 0 Å². The topological polar surface area (TPSA) is 63.0 Å². The van der Waals surface area contributed by atoms with Crippen LogP contribution in [0.2, 0.25) is 0 Å². The molecule has 3 rings (SSSR count). The lowest BCUT2D eigenvalue weighted by atomic mass is 10.1. The zero-order chi connectivity index (χ0) is 16.9. The van der Waals surface area contributed by atoms with E-state index in [4.69, 9.17) is 4.74 Å². The lowest BCUT2D eigenvalue weighted by molar-refractivity contribution is -0.145. The van der Waals surface area contributed by atoms with Crippen LogP contribution in [0.3, 0.4) is 0 Å². The quantitative estimate of drug-likeness (QED) is 0.331. The minimum Gasteiger partial charge on any atom is -0.453 e. The molecule has 1 aromatic heterocycles. The third-order valence-corrected chi connectivity index (χ3v) is 4.22. The molecular weight excluding hydrogens is 368 g/mol. The number of aromatic nitrogens is 1. The van der Waals surface area contributed by atoms with E-state index in [0.29, 0.717) is 16.2 Å². The molecule has 1 aliphatic carbocycles. The van der Waals surface area contributed by atoms with Crippen molar-refractivity contribution in [3.8, 4) is 6.07 Å². The van der Waals surface area contributed by atoms with Gasteiger partial charge in [-0.25, -0.2) is 9.78 Å². The normalized spacial score (nSPS) is 15.4. The Kier molecular flexibility index (Phi) is 5.07. The Morgan fingerprint density at radius 2 is 2.00 bits per heavy atom. The van der Waals surface area contributed by atoms with Crippen LogP contribution in [0.1, 0.15) is 30.2 Å². The minimum absolute atomic E-state index is 0.0535. The molecular formula is C19H15BrN2O2. The molecule has 4 nitrogen and oxygen atoms in total. The van der Waals surface area contributed by atoms with Gasteiger partial charge in [-0.1, -0.05) is 36.4 Å². The Morgan fingerprint density at radius 3 is 2.62 bits per heavy atom. The molecule has 1 heterocycles. The van der Waals surface area contributed by atoms with Gasteiger partial charge in [-0.3, -0.25) is 0 Å². The number of hydrogen-bond acceptors (Lipinski definition) is 4. The first-order valence-electron chi connectivity index (χ1n) is 7.67. The summed E-state index contributed by atoms with van der Waals surface area (Å²) >= 11 is 3.27. The van der Waals surface area contributed by atoms with Gasteiger partial charge < -0.3 is 4.74 Å². The van der Waals surface area contributed by atoms with Crippen molar-refractivity contribution in [1.29, 1.82) is 5.26 Å². The standard InChI is InChI=1S/C19H15BrN2O2/c20-17-8-4-7-16(22-17)11-15(12-21)19(23)24-18(14-9-10-14)13-5-2-1-3-6-13/h1-8,11,14,18H,9-10H2/b15-11+. The van der Waals surface area contributed by atoms with Gasteiger partial charge in [-0.05, 0) is 52.5 Å². The van der Waals surface area contributed by atoms with Gasteiger partial charge in [0.2, 0.25) is 0 Å². The Hall–Kier alpha value is -2.45. The van der Waals surface area contributed by atoms with E-state index in [2.05, 4.69) is 20.9 Å². The van der Waals surface area contributed by atoms with Gasteiger partial charge in [0.15, 0.2) is 0 Å². The summed E-state index contributed by atoms with van der Waals surface area (Å²) in [5.74, 6) is -0.277. The number of benzene rings is 1. The van der Waals surface area contributed by atoms with E-state index in [-0.39, 0.29) is 11.7 Å². The van der Waals surface area contributed by atoms with Crippen LogP contribution in [0.25, 0.3) is 6.08 Å². The number of hydrogen-bond donors (Lipinski definition) is 0. The number of esters is 1. The zero-order valence-electron chi connectivity index (χ0n) is 12.9. The van der Waals surface area contributed by atoms with Gasteiger partial charge >= 0.3 is 5.97 Å². The van der Waals surface area contributed by atoms with E-state index >= 15 is 0 Å². The number of carbonyl (C=O) groups excluding carboxylic acids is 1. The fourth-order valence-electron chi connectivity index (χ4n) is 2.45. The van der Waals surface area contributed by atoms with Gasteiger partial charge in [0.05, 0.1) is 5.69 Å². The summed E-state index contributed by atoms with van der Waals surface area (Å²) < 4.78 is 6.29. The number of carbonyl (C=O) groups is 1. The van der Waals surface area contributed by atoms with E-state index in [1.807, 2.05) is 36.4 Å². The largest absolute Gasteiger partial charge is 0.453 e.